The fraction of sp³-hybridized carbons (Fsp3) is 0.375. The van der Waals surface area contributed by atoms with Crippen LogP contribution in [0.1, 0.15) is 50.6 Å². The zero-order valence-corrected chi connectivity index (χ0v) is 18.4. The van der Waals surface area contributed by atoms with Crippen molar-refractivity contribution in [2.45, 2.75) is 50.3 Å². The molecule has 0 bridgehead atoms. The van der Waals surface area contributed by atoms with Crippen molar-refractivity contribution in [1.29, 1.82) is 5.26 Å². The molecule has 5 rings (SSSR count). The van der Waals surface area contributed by atoms with Crippen LogP contribution in [0.25, 0.3) is 22.2 Å². The highest BCUT2D eigenvalue weighted by molar-refractivity contribution is 7.85. The summed E-state index contributed by atoms with van der Waals surface area (Å²) in [4.78, 5) is 0. The summed E-state index contributed by atoms with van der Waals surface area (Å²) in [5.74, 6) is 0.805. The minimum atomic E-state index is -3.17. The van der Waals surface area contributed by atoms with Crippen LogP contribution in [0.5, 0.6) is 5.75 Å². The molecule has 0 aliphatic heterocycles. The predicted octanol–water partition coefficient (Wildman–Crippen LogP) is 3.99. The van der Waals surface area contributed by atoms with E-state index in [1.165, 1.54) is 11.1 Å². The zero-order chi connectivity index (χ0) is 21.6. The molecule has 2 fully saturated rings. The monoisotopic (exact) mass is 436 g/mol. The second-order valence-electron chi connectivity index (χ2n) is 8.43. The number of nitriles is 1. The molecule has 0 saturated heterocycles. The Morgan fingerprint density at radius 2 is 1.87 bits per heavy atom. The molecule has 2 aliphatic rings. The Labute approximate surface area is 182 Å². The molecule has 0 spiro atoms. The van der Waals surface area contributed by atoms with Gasteiger partial charge in [0.25, 0.3) is 0 Å². The van der Waals surface area contributed by atoms with Crippen molar-refractivity contribution in [1.82, 2.24) is 4.57 Å². The molecule has 160 valence electrons. The Bertz CT molecular complexity index is 1280. The largest absolute Gasteiger partial charge is 0.494 e. The summed E-state index contributed by atoms with van der Waals surface area (Å²) >= 11 is 0. The number of sulfonamides is 1. The molecule has 2 saturated carbocycles. The average Bonchev–Trinajstić information content (AvgIpc) is 3.53. The van der Waals surface area contributed by atoms with Crippen LogP contribution in [-0.4, -0.2) is 24.8 Å². The number of hydrogen-bond acceptors (Lipinski definition) is 4. The van der Waals surface area contributed by atoms with Gasteiger partial charge >= 0.3 is 10.0 Å². The lowest BCUT2D eigenvalue weighted by Gasteiger charge is -2.30. The Morgan fingerprint density at radius 3 is 2.45 bits per heavy atom. The second kappa shape index (κ2) is 7.70. The normalized spacial score (nSPS) is 16.8. The number of nitrogens with two attached hydrogens (primary N) is 1. The molecule has 1 heterocycles. The van der Waals surface area contributed by atoms with E-state index in [1.807, 2.05) is 49.4 Å². The van der Waals surface area contributed by atoms with Gasteiger partial charge < -0.3 is 9.30 Å². The fourth-order valence-corrected chi connectivity index (χ4v) is 5.89. The SMILES string of the molecule is CCOc1ccc2c(C#N)c(-c3ccc([NH2+]S(=O)(=O)C4CC4)cc3)n(C3CCC3)c2c1. The van der Waals surface area contributed by atoms with Crippen molar-refractivity contribution in [2.24, 2.45) is 0 Å². The summed E-state index contributed by atoms with van der Waals surface area (Å²) in [5, 5.41) is 10.8. The van der Waals surface area contributed by atoms with Gasteiger partial charge in [-0.15, -0.1) is 0 Å². The maximum atomic E-state index is 12.3. The van der Waals surface area contributed by atoms with Crippen molar-refractivity contribution in [2.75, 3.05) is 6.61 Å². The molecule has 0 atom stereocenters. The molecule has 31 heavy (non-hydrogen) atoms. The van der Waals surface area contributed by atoms with Crippen molar-refractivity contribution >= 4 is 26.6 Å². The van der Waals surface area contributed by atoms with Gasteiger partial charge in [-0.25, -0.2) is 4.72 Å². The molecule has 2 aliphatic carbocycles. The number of nitrogens with zero attached hydrogens (tertiary/aromatic N) is 2. The number of hydrogen-bond donors (Lipinski definition) is 1. The number of fused-ring (bicyclic) bond motifs is 1. The summed E-state index contributed by atoms with van der Waals surface area (Å²) in [6.45, 7) is 2.55. The number of primary sulfonamides is 1. The van der Waals surface area contributed by atoms with E-state index >= 15 is 0 Å². The van der Waals surface area contributed by atoms with Crippen LogP contribution in [0.4, 0.5) is 5.69 Å². The van der Waals surface area contributed by atoms with E-state index in [0.29, 0.717) is 23.9 Å². The zero-order valence-electron chi connectivity index (χ0n) is 17.5. The molecular weight excluding hydrogens is 410 g/mol. The number of quaternary nitrogens is 1. The highest BCUT2D eigenvalue weighted by atomic mass is 32.2. The lowest BCUT2D eigenvalue weighted by molar-refractivity contribution is -0.397. The topological polar surface area (TPSA) is 88.7 Å². The Balaban J connectivity index is 1.60. The van der Waals surface area contributed by atoms with Gasteiger partial charge in [0.1, 0.15) is 22.8 Å². The maximum Gasteiger partial charge on any atom is 0.301 e. The maximum absolute atomic E-state index is 12.3. The van der Waals surface area contributed by atoms with Gasteiger partial charge in [-0.05, 0) is 68.9 Å². The molecule has 2 aromatic carbocycles. The molecule has 6 nitrogen and oxygen atoms in total. The van der Waals surface area contributed by atoms with Crippen LogP contribution in [-0.2, 0) is 10.0 Å². The molecule has 0 unspecified atom stereocenters. The smallest absolute Gasteiger partial charge is 0.301 e. The quantitative estimate of drug-likeness (QED) is 0.567. The molecule has 1 aromatic heterocycles. The van der Waals surface area contributed by atoms with Crippen molar-refractivity contribution < 1.29 is 17.9 Å². The van der Waals surface area contributed by atoms with Gasteiger partial charge in [0.05, 0.1) is 23.4 Å². The molecule has 3 aromatic rings. The summed E-state index contributed by atoms with van der Waals surface area (Å²) in [6.07, 6.45) is 4.88. The third-order valence-electron chi connectivity index (χ3n) is 6.31. The minimum absolute atomic E-state index is 0.210. The standard InChI is InChI=1S/C24H25N3O3S/c1-2-30-19-10-13-21-22(15-25)24(27(23(21)14-19)18-4-3-5-18)16-6-8-17(9-7-16)26-31(28,29)20-11-12-20/h6-10,13-14,18,20,26H,2-5,11-12H2,1H3/p+1. The van der Waals surface area contributed by atoms with E-state index in [1.54, 1.807) is 0 Å². The first-order valence-electron chi connectivity index (χ1n) is 10.9. The first-order valence-corrected chi connectivity index (χ1v) is 12.5. The van der Waals surface area contributed by atoms with Crippen LogP contribution in [0.15, 0.2) is 42.5 Å². The van der Waals surface area contributed by atoms with Crippen LogP contribution in [0, 0.1) is 11.3 Å². The van der Waals surface area contributed by atoms with E-state index in [0.717, 1.165) is 53.6 Å². The van der Waals surface area contributed by atoms with Gasteiger partial charge in [0.15, 0.2) is 0 Å². The Kier molecular flexibility index (Phi) is 4.99. The summed E-state index contributed by atoms with van der Waals surface area (Å²) in [6, 6.07) is 16.2. The second-order valence-corrected chi connectivity index (χ2v) is 10.5. The van der Waals surface area contributed by atoms with E-state index in [2.05, 4.69) is 10.6 Å². The first kappa shape index (κ1) is 20.1. The van der Waals surface area contributed by atoms with Crippen LogP contribution >= 0.6 is 0 Å². The Hall–Kier alpha value is -2.82. The van der Waals surface area contributed by atoms with Gasteiger partial charge in [0, 0.05) is 29.6 Å². The minimum Gasteiger partial charge on any atom is -0.494 e. The van der Waals surface area contributed by atoms with Crippen LogP contribution in [0.3, 0.4) is 0 Å². The average molecular weight is 437 g/mol. The molecule has 2 N–H and O–H groups in total. The van der Waals surface area contributed by atoms with Gasteiger partial charge in [-0.2, -0.15) is 13.7 Å². The number of ether oxygens (including phenoxy) is 1. The highest BCUT2D eigenvalue weighted by Gasteiger charge is 2.39. The highest BCUT2D eigenvalue weighted by Crippen LogP contribution is 2.43. The van der Waals surface area contributed by atoms with Crippen LogP contribution < -0.4 is 9.46 Å². The van der Waals surface area contributed by atoms with E-state index in [4.69, 9.17) is 4.74 Å². The summed E-state index contributed by atoms with van der Waals surface area (Å²) in [7, 11) is -3.17. The summed E-state index contributed by atoms with van der Waals surface area (Å²) < 4.78 is 34.0. The van der Waals surface area contributed by atoms with Crippen LogP contribution in [0.2, 0.25) is 0 Å². The Morgan fingerprint density at radius 1 is 1.13 bits per heavy atom. The van der Waals surface area contributed by atoms with E-state index in [-0.39, 0.29) is 5.25 Å². The summed E-state index contributed by atoms with van der Waals surface area (Å²) in [5.41, 5.74) is 4.20. The molecule has 0 amide bonds. The third kappa shape index (κ3) is 3.60. The van der Waals surface area contributed by atoms with Gasteiger partial charge in [-0.3, -0.25) is 0 Å². The third-order valence-corrected chi connectivity index (χ3v) is 8.31. The molecule has 7 heteroatoms. The van der Waals surface area contributed by atoms with Gasteiger partial charge in [-0.1, -0.05) is 0 Å². The molecular formula is C24H26N3O3S+. The lowest BCUT2D eigenvalue weighted by atomic mass is 9.92. The number of rotatable bonds is 7. The predicted molar refractivity (Wildman–Crippen MR) is 120 cm³/mol. The fourth-order valence-electron chi connectivity index (χ4n) is 4.37. The molecule has 0 radical (unpaired) electrons. The van der Waals surface area contributed by atoms with Crippen molar-refractivity contribution in [3.63, 3.8) is 0 Å². The van der Waals surface area contributed by atoms with Crippen molar-refractivity contribution in [3.8, 4) is 23.1 Å². The van der Waals surface area contributed by atoms with Gasteiger partial charge in [0.2, 0.25) is 0 Å². The lowest BCUT2D eigenvalue weighted by Crippen LogP contribution is -2.82. The van der Waals surface area contributed by atoms with E-state index in [9.17, 15) is 13.7 Å². The van der Waals surface area contributed by atoms with Crippen molar-refractivity contribution in [3.05, 3.63) is 48.0 Å². The first-order chi connectivity index (χ1) is 15.0. The number of benzene rings is 2. The van der Waals surface area contributed by atoms with E-state index < -0.39 is 10.0 Å². The number of aromatic nitrogens is 1.